The molecular formula is C15H28N2O2. The first-order valence-electron chi connectivity index (χ1n) is 7.71. The van der Waals surface area contributed by atoms with Gasteiger partial charge in [0, 0.05) is 18.6 Å². The summed E-state index contributed by atoms with van der Waals surface area (Å²) < 4.78 is 0. The molecule has 0 bridgehead atoms. The van der Waals surface area contributed by atoms with E-state index in [2.05, 4.69) is 31.1 Å². The normalized spacial score (nSPS) is 24.2. The summed E-state index contributed by atoms with van der Waals surface area (Å²) in [5, 5.41) is 13.2. The predicted molar refractivity (Wildman–Crippen MR) is 76.2 cm³/mol. The fourth-order valence-corrected chi connectivity index (χ4v) is 2.95. The number of nitrogens with zero attached hydrogens (tertiary/aromatic N) is 1. The average Bonchev–Trinajstić information content (AvgIpc) is 3.21. The summed E-state index contributed by atoms with van der Waals surface area (Å²) in [7, 11) is 2.06. The van der Waals surface area contributed by atoms with Crippen LogP contribution in [0.25, 0.3) is 0 Å². The molecule has 0 aliphatic heterocycles. The Morgan fingerprint density at radius 3 is 2.47 bits per heavy atom. The summed E-state index contributed by atoms with van der Waals surface area (Å²) in [4.78, 5) is 14.1. The van der Waals surface area contributed by atoms with Crippen LogP contribution < -0.4 is 5.32 Å². The summed E-state index contributed by atoms with van der Waals surface area (Å²) in [5.41, 5.74) is -0.710. The minimum atomic E-state index is -0.710. The van der Waals surface area contributed by atoms with Gasteiger partial charge in [-0.15, -0.1) is 0 Å². The van der Waals surface area contributed by atoms with Crippen LogP contribution in [-0.4, -0.2) is 47.2 Å². The van der Waals surface area contributed by atoms with Crippen LogP contribution in [0.15, 0.2) is 0 Å². The van der Waals surface area contributed by atoms with Crippen molar-refractivity contribution >= 4 is 5.97 Å². The third-order valence-electron chi connectivity index (χ3n) is 4.65. The van der Waals surface area contributed by atoms with E-state index >= 15 is 0 Å². The fourth-order valence-electron chi connectivity index (χ4n) is 2.95. The highest BCUT2D eigenvalue weighted by Crippen LogP contribution is 2.42. The van der Waals surface area contributed by atoms with Crippen molar-refractivity contribution in [3.05, 3.63) is 0 Å². The molecule has 0 radical (unpaired) electrons. The van der Waals surface area contributed by atoms with Gasteiger partial charge in [-0.3, -0.25) is 10.1 Å². The lowest BCUT2D eigenvalue weighted by Crippen LogP contribution is -2.61. The smallest absolute Gasteiger partial charge is 0.325 e. The van der Waals surface area contributed by atoms with E-state index in [0.717, 1.165) is 38.5 Å². The molecule has 0 amide bonds. The number of nitrogens with one attached hydrogen (secondary N) is 1. The second-order valence-electron chi connectivity index (χ2n) is 6.52. The Bertz CT molecular complexity index is 326. The van der Waals surface area contributed by atoms with Crippen LogP contribution in [0.1, 0.15) is 52.4 Å². The maximum absolute atomic E-state index is 11.9. The molecule has 0 aromatic rings. The van der Waals surface area contributed by atoms with Crippen LogP contribution in [-0.2, 0) is 4.79 Å². The number of carboxylic acids is 1. The maximum Gasteiger partial charge on any atom is 0.325 e. The zero-order valence-corrected chi connectivity index (χ0v) is 12.5. The van der Waals surface area contributed by atoms with Crippen molar-refractivity contribution in [2.75, 3.05) is 13.6 Å². The number of carbonyl (C=O) groups is 1. The third kappa shape index (κ3) is 3.48. The van der Waals surface area contributed by atoms with Crippen molar-refractivity contribution in [3.63, 3.8) is 0 Å². The van der Waals surface area contributed by atoms with Gasteiger partial charge in [0.2, 0.25) is 0 Å². The number of rotatable bonds is 9. The minimum Gasteiger partial charge on any atom is -0.480 e. The standard InChI is InChI=1S/C15H28N2O2/c1-4-5-11(2)17(3)10-15(14(18)19,12-6-7-12)16-13-8-9-13/h11-13,16H,4-10H2,1-3H3,(H,18,19). The molecule has 0 heterocycles. The van der Waals surface area contributed by atoms with Gasteiger partial charge in [-0.05, 0) is 52.0 Å². The first kappa shape index (κ1) is 14.8. The van der Waals surface area contributed by atoms with Gasteiger partial charge >= 0.3 is 5.97 Å². The number of aliphatic carboxylic acids is 1. The fraction of sp³-hybridized carbons (Fsp3) is 0.933. The molecule has 110 valence electrons. The van der Waals surface area contributed by atoms with E-state index in [1.54, 1.807) is 0 Å². The Labute approximate surface area is 116 Å². The quantitative estimate of drug-likeness (QED) is 0.672. The topological polar surface area (TPSA) is 52.6 Å². The van der Waals surface area contributed by atoms with Crippen molar-refractivity contribution < 1.29 is 9.90 Å². The van der Waals surface area contributed by atoms with E-state index in [4.69, 9.17) is 0 Å². The molecule has 4 heteroatoms. The molecular weight excluding hydrogens is 240 g/mol. The monoisotopic (exact) mass is 268 g/mol. The Morgan fingerprint density at radius 2 is 2.05 bits per heavy atom. The largest absolute Gasteiger partial charge is 0.480 e. The average molecular weight is 268 g/mol. The van der Waals surface area contributed by atoms with E-state index in [1.165, 1.54) is 0 Å². The number of hydrogen-bond acceptors (Lipinski definition) is 3. The lowest BCUT2D eigenvalue weighted by Gasteiger charge is -2.37. The zero-order chi connectivity index (χ0) is 14.0. The van der Waals surface area contributed by atoms with Crippen LogP contribution in [0.5, 0.6) is 0 Å². The lowest BCUT2D eigenvalue weighted by atomic mass is 9.91. The third-order valence-corrected chi connectivity index (χ3v) is 4.65. The van der Waals surface area contributed by atoms with Crippen LogP contribution >= 0.6 is 0 Å². The number of hydrogen-bond donors (Lipinski definition) is 2. The molecule has 2 saturated carbocycles. The van der Waals surface area contributed by atoms with Gasteiger partial charge in [-0.1, -0.05) is 13.3 Å². The van der Waals surface area contributed by atoms with Gasteiger partial charge in [0.1, 0.15) is 5.54 Å². The predicted octanol–water partition coefficient (Wildman–Crippen LogP) is 2.09. The Hall–Kier alpha value is -0.610. The molecule has 2 fully saturated rings. The van der Waals surface area contributed by atoms with Crippen molar-refractivity contribution in [2.45, 2.75) is 70.0 Å². The SMILES string of the molecule is CCCC(C)N(C)CC(NC1CC1)(C(=O)O)C1CC1. The minimum absolute atomic E-state index is 0.321. The van der Waals surface area contributed by atoms with E-state index in [0.29, 0.717) is 24.5 Å². The van der Waals surface area contributed by atoms with Crippen molar-refractivity contribution in [1.29, 1.82) is 0 Å². The van der Waals surface area contributed by atoms with Crippen molar-refractivity contribution in [3.8, 4) is 0 Å². The highest BCUT2D eigenvalue weighted by Gasteiger charge is 2.53. The Kier molecular flexibility index (Phi) is 4.51. The molecule has 2 atom stereocenters. The summed E-state index contributed by atoms with van der Waals surface area (Å²) >= 11 is 0. The molecule has 0 aromatic carbocycles. The van der Waals surface area contributed by atoms with Crippen LogP contribution in [0.2, 0.25) is 0 Å². The maximum atomic E-state index is 11.9. The highest BCUT2D eigenvalue weighted by atomic mass is 16.4. The van der Waals surface area contributed by atoms with Gasteiger partial charge in [0.15, 0.2) is 0 Å². The number of carboxylic acid groups (broad SMARTS) is 1. The van der Waals surface area contributed by atoms with Gasteiger partial charge in [0.25, 0.3) is 0 Å². The van der Waals surface area contributed by atoms with E-state index in [9.17, 15) is 9.90 Å². The van der Waals surface area contributed by atoms with Crippen LogP contribution in [0.3, 0.4) is 0 Å². The molecule has 0 aromatic heterocycles. The van der Waals surface area contributed by atoms with E-state index < -0.39 is 11.5 Å². The molecule has 2 unspecified atom stereocenters. The molecule has 2 N–H and O–H groups in total. The summed E-state index contributed by atoms with van der Waals surface area (Å²) in [6, 6.07) is 0.884. The molecule has 2 aliphatic rings. The van der Waals surface area contributed by atoms with E-state index in [1.807, 2.05) is 0 Å². The first-order valence-corrected chi connectivity index (χ1v) is 7.71. The first-order chi connectivity index (χ1) is 8.99. The van der Waals surface area contributed by atoms with Crippen molar-refractivity contribution in [2.24, 2.45) is 5.92 Å². The van der Waals surface area contributed by atoms with Crippen molar-refractivity contribution in [1.82, 2.24) is 10.2 Å². The van der Waals surface area contributed by atoms with Gasteiger partial charge < -0.3 is 10.0 Å². The number of likely N-dealkylation sites (N-methyl/N-ethyl adjacent to an activating group) is 1. The van der Waals surface area contributed by atoms with Gasteiger partial charge in [-0.25, -0.2) is 0 Å². The van der Waals surface area contributed by atoms with Gasteiger partial charge in [-0.2, -0.15) is 0 Å². The summed E-state index contributed by atoms with van der Waals surface area (Å²) in [6.45, 7) is 5.00. The molecule has 2 rings (SSSR count). The summed E-state index contributed by atoms with van der Waals surface area (Å²) in [5.74, 6) is -0.334. The molecule has 4 nitrogen and oxygen atoms in total. The summed E-state index contributed by atoms with van der Waals surface area (Å²) in [6.07, 6.45) is 6.65. The molecule has 2 aliphatic carbocycles. The highest BCUT2D eigenvalue weighted by molar-refractivity contribution is 5.80. The Balaban J connectivity index is 2.05. The second-order valence-corrected chi connectivity index (χ2v) is 6.52. The van der Waals surface area contributed by atoms with E-state index in [-0.39, 0.29) is 0 Å². The molecule has 0 spiro atoms. The zero-order valence-electron chi connectivity index (χ0n) is 12.5. The Morgan fingerprint density at radius 1 is 1.42 bits per heavy atom. The molecule has 19 heavy (non-hydrogen) atoms. The lowest BCUT2D eigenvalue weighted by molar-refractivity contribution is -0.147. The molecule has 0 saturated heterocycles. The van der Waals surface area contributed by atoms with Crippen LogP contribution in [0.4, 0.5) is 0 Å². The van der Waals surface area contributed by atoms with Crippen LogP contribution in [0, 0.1) is 5.92 Å². The second kappa shape index (κ2) is 5.80. The van der Waals surface area contributed by atoms with Gasteiger partial charge in [0.05, 0.1) is 0 Å².